The SMILES string of the molecule is COc1ccc(/C=C/C(=O)C(=O)O)cc1.[K+]. The summed E-state index contributed by atoms with van der Waals surface area (Å²) in [5.74, 6) is -1.69. The molecule has 0 spiro atoms. The third-order valence-corrected chi connectivity index (χ3v) is 1.75. The van der Waals surface area contributed by atoms with Crippen molar-refractivity contribution in [2.24, 2.45) is 0 Å². The van der Waals surface area contributed by atoms with E-state index in [1.165, 1.54) is 6.08 Å². The molecule has 0 aromatic heterocycles. The maximum absolute atomic E-state index is 10.7. The molecule has 0 atom stereocenters. The van der Waals surface area contributed by atoms with Gasteiger partial charge in [0.15, 0.2) is 0 Å². The molecule has 1 aromatic carbocycles. The molecular formula is C11H10KO4+. The summed E-state index contributed by atoms with van der Waals surface area (Å²) in [6, 6.07) is 6.91. The molecule has 0 amide bonds. The molecule has 0 aliphatic rings. The van der Waals surface area contributed by atoms with Gasteiger partial charge >= 0.3 is 57.4 Å². The predicted molar refractivity (Wildman–Crippen MR) is 54.7 cm³/mol. The van der Waals surface area contributed by atoms with E-state index >= 15 is 0 Å². The fourth-order valence-electron chi connectivity index (χ4n) is 0.958. The van der Waals surface area contributed by atoms with Crippen molar-refractivity contribution in [3.63, 3.8) is 0 Å². The molecule has 1 rings (SSSR count). The van der Waals surface area contributed by atoms with Gasteiger partial charge < -0.3 is 9.84 Å². The van der Waals surface area contributed by atoms with E-state index in [-0.39, 0.29) is 51.4 Å². The Morgan fingerprint density at radius 3 is 2.25 bits per heavy atom. The second-order valence-electron chi connectivity index (χ2n) is 2.78. The Bertz CT molecular complexity index is 395. The van der Waals surface area contributed by atoms with E-state index in [1.807, 2.05) is 0 Å². The van der Waals surface area contributed by atoms with Crippen LogP contribution in [0, 0.1) is 0 Å². The van der Waals surface area contributed by atoms with Crippen molar-refractivity contribution in [3.8, 4) is 5.75 Å². The zero-order valence-electron chi connectivity index (χ0n) is 9.14. The van der Waals surface area contributed by atoms with Gasteiger partial charge in [-0.1, -0.05) is 18.2 Å². The van der Waals surface area contributed by atoms with Crippen LogP contribution in [0.1, 0.15) is 5.56 Å². The van der Waals surface area contributed by atoms with Gasteiger partial charge in [0.05, 0.1) is 7.11 Å². The van der Waals surface area contributed by atoms with Crippen LogP contribution in [0.2, 0.25) is 0 Å². The summed E-state index contributed by atoms with van der Waals surface area (Å²) in [5, 5.41) is 8.32. The van der Waals surface area contributed by atoms with Crippen LogP contribution in [0.15, 0.2) is 30.3 Å². The van der Waals surface area contributed by atoms with Crippen LogP contribution >= 0.6 is 0 Å². The molecule has 0 saturated heterocycles. The first-order chi connectivity index (χ1) is 7.13. The third kappa shape index (κ3) is 5.04. The minimum Gasteiger partial charge on any atom is -0.497 e. The van der Waals surface area contributed by atoms with Gasteiger partial charge in [0.2, 0.25) is 0 Å². The van der Waals surface area contributed by atoms with Crippen LogP contribution in [0.3, 0.4) is 0 Å². The molecule has 4 nitrogen and oxygen atoms in total. The van der Waals surface area contributed by atoms with Crippen molar-refractivity contribution in [1.82, 2.24) is 0 Å². The topological polar surface area (TPSA) is 63.6 Å². The number of carboxylic acids is 1. The molecule has 1 N–H and O–H groups in total. The van der Waals surface area contributed by atoms with Crippen molar-refractivity contribution in [3.05, 3.63) is 35.9 Å². The van der Waals surface area contributed by atoms with Crippen LogP contribution in [0.4, 0.5) is 0 Å². The number of aliphatic carboxylic acids is 1. The number of carbonyl (C=O) groups is 2. The Balaban J connectivity index is 0.00000225. The summed E-state index contributed by atoms with van der Waals surface area (Å²) >= 11 is 0. The van der Waals surface area contributed by atoms with Gasteiger partial charge in [0.1, 0.15) is 5.75 Å². The van der Waals surface area contributed by atoms with Gasteiger partial charge in [0.25, 0.3) is 5.78 Å². The van der Waals surface area contributed by atoms with Crippen LogP contribution in [-0.2, 0) is 9.59 Å². The fourth-order valence-corrected chi connectivity index (χ4v) is 0.958. The molecule has 16 heavy (non-hydrogen) atoms. The largest absolute Gasteiger partial charge is 1.00 e. The molecule has 0 unspecified atom stereocenters. The molecule has 0 bridgehead atoms. The van der Waals surface area contributed by atoms with Crippen LogP contribution < -0.4 is 56.1 Å². The molecule has 0 heterocycles. The maximum Gasteiger partial charge on any atom is 1.00 e. The van der Waals surface area contributed by atoms with E-state index in [9.17, 15) is 9.59 Å². The van der Waals surface area contributed by atoms with Gasteiger partial charge in [-0.15, -0.1) is 0 Å². The number of ether oxygens (including phenoxy) is 1. The summed E-state index contributed by atoms with van der Waals surface area (Å²) in [5.41, 5.74) is 0.741. The average Bonchev–Trinajstić information content (AvgIpc) is 2.26. The first-order valence-corrected chi connectivity index (χ1v) is 4.23. The quantitative estimate of drug-likeness (QED) is 0.393. The van der Waals surface area contributed by atoms with Gasteiger partial charge in [0, 0.05) is 0 Å². The number of benzene rings is 1. The number of carboxylic acid groups (broad SMARTS) is 1. The average molecular weight is 245 g/mol. The summed E-state index contributed by atoms with van der Waals surface area (Å²) < 4.78 is 4.95. The van der Waals surface area contributed by atoms with Crippen molar-refractivity contribution in [2.45, 2.75) is 0 Å². The minimum atomic E-state index is -1.46. The number of carbonyl (C=O) groups excluding carboxylic acids is 1. The predicted octanol–water partition coefficient (Wildman–Crippen LogP) is -1.63. The van der Waals surface area contributed by atoms with Crippen molar-refractivity contribution >= 4 is 17.8 Å². The molecular weight excluding hydrogens is 235 g/mol. The van der Waals surface area contributed by atoms with Crippen LogP contribution in [-0.4, -0.2) is 24.0 Å². The van der Waals surface area contributed by atoms with E-state index in [0.29, 0.717) is 5.75 Å². The Kier molecular flexibility index (Phi) is 7.53. The van der Waals surface area contributed by atoms with E-state index in [0.717, 1.165) is 11.6 Å². The van der Waals surface area contributed by atoms with Gasteiger partial charge in [-0.25, -0.2) is 4.79 Å². The standard InChI is InChI=1S/C11H10O4.K/c1-15-9-5-2-8(3-6-9)4-7-10(12)11(13)14;/h2-7H,1H3,(H,13,14);/q;+1/b7-4+;. The van der Waals surface area contributed by atoms with Crippen molar-refractivity contribution < 1.29 is 70.8 Å². The zero-order valence-corrected chi connectivity index (χ0v) is 12.3. The minimum absolute atomic E-state index is 0. The van der Waals surface area contributed by atoms with Crippen LogP contribution in [0.25, 0.3) is 6.08 Å². The second kappa shape index (κ2) is 7.75. The first-order valence-electron chi connectivity index (χ1n) is 4.23. The molecule has 1 aromatic rings. The van der Waals surface area contributed by atoms with Gasteiger partial charge in [-0.2, -0.15) is 0 Å². The van der Waals surface area contributed by atoms with Crippen molar-refractivity contribution in [1.29, 1.82) is 0 Å². The molecule has 0 fully saturated rings. The molecule has 0 radical (unpaired) electrons. The van der Waals surface area contributed by atoms with Crippen molar-refractivity contribution in [2.75, 3.05) is 7.11 Å². The summed E-state index contributed by atoms with van der Waals surface area (Å²) in [6.07, 6.45) is 2.46. The number of ketones is 1. The number of methoxy groups -OCH3 is 1. The number of rotatable bonds is 4. The van der Waals surface area contributed by atoms with E-state index in [1.54, 1.807) is 31.4 Å². The number of hydrogen-bond acceptors (Lipinski definition) is 3. The van der Waals surface area contributed by atoms with E-state index in [4.69, 9.17) is 9.84 Å². The normalized spacial score (nSPS) is 9.56. The molecule has 0 aliphatic heterocycles. The third-order valence-electron chi connectivity index (χ3n) is 1.75. The second-order valence-corrected chi connectivity index (χ2v) is 2.78. The summed E-state index contributed by atoms with van der Waals surface area (Å²) in [4.78, 5) is 20.9. The van der Waals surface area contributed by atoms with Crippen LogP contribution in [0.5, 0.6) is 5.75 Å². The fraction of sp³-hybridized carbons (Fsp3) is 0.0909. The van der Waals surface area contributed by atoms with E-state index < -0.39 is 11.8 Å². The number of hydrogen-bond donors (Lipinski definition) is 1. The maximum atomic E-state index is 10.7. The van der Waals surface area contributed by atoms with E-state index in [2.05, 4.69) is 0 Å². The molecule has 5 heteroatoms. The zero-order chi connectivity index (χ0) is 11.3. The molecule has 78 valence electrons. The molecule has 0 aliphatic carbocycles. The Morgan fingerprint density at radius 1 is 1.25 bits per heavy atom. The Labute approximate surface area is 136 Å². The Hall–Kier alpha value is -0.464. The Morgan fingerprint density at radius 2 is 1.81 bits per heavy atom. The monoisotopic (exact) mass is 245 g/mol. The molecule has 0 saturated carbocycles. The first kappa shape index (κ1) is 15.5. The van der Waals surface area contributed by atoms with Gasteiger partial charge in [-0.05, 0) is 23.8 Å². The van der Waals surface area contributed by atoms with Gasteiger partial charge in [-0.3, -0.25) is 4.79 Å². The smallest absolute Gasteiger partial charge is 0.497 e. The summed E-state index contributed by atoms with van der Waals surface area (Å²) in [7, 11) is 1.55. The summed E-state index contributed by atoms with van der Waals surface area (Å²) in [6.45, 7) is 0.